The minimum Gasteiger partial charge on any atom is -0.338 e. The van der Waals surface area contributed by atoms with Gasteiger partial charge in [-0.15, -0.1) is 0 Å². The molecule has 1 saturated heterocycles. The average Bonchev–Trinajstić information content (AvgIpc) is 2.77. The lowest BCUT2D eigenvalue weighted by Crippen LogP contribution is -2.30. The molecular weight excluding hydrogens is 243 g/mol. The van der Waals surface area contributed by atoms with E-state index in [9.17, 15) is 9.18 Å². The highest BCUT2D eigenvalue weighted by Gasteiger charge is 2.28. The van der Waals surface area contributed by atoms with Crippen LogP contribution in [0.5, 0.6) is 0 Å². The van der Waals surface area contributed by atoms with Crippen molar-refractivity contribution in [2.24, 2.45) is 11.7 Å². The number of likely N-dealkylation sites (tertiary alicyclic amines) is 1. The smallest absolute Gasteiger partial charge is 0.258 e. The van der Waals surface area contributed by atoms with E-state index in [-0.39, 0.29) is 16.5 Å². The van der Waals surface area contributed by atoms with Gasteiger partial charge < -0.3 is 10.6 Å². The normalized spacial score (nSPS) is 19.7. The Morgan fingerprint density at radius 1 is 1.59 bits per heavy atom. The summed E-state index contributed by atoms with van der Waals surface area (Å²) in [5, 5.41) is 0.159. The average molecular weight is 257 g/mol. The van der Waals surface area contributed by atoms with Crippen molar-refractivity contribution in [3.8, 4) is 0 Å². The zero-order valence-electron chi connectivity index (χ0n) is 9.33. The number of benzene rings is 1. The van der Waals surface area contributed by atoms with Gasteiger partial charge in [0.25, 0.3) is 5.91 Å². The second kappa shape index (κ2) is 5.02. The van der Waals surface area contributed by atoms with E-state index >= 15 is 0 Å². The van der Waals surface area contributed by atoms with Gasteiger partial charge in [-0.1, -0.05) is 17.7 Å². The molecule has 0 unspecified atom stereocenters. The van der Waals surface area contributed by atoms with Gasteiger partial charge in [0.1, 0.15) is 5.82 Å². The predicted octanol–water partition coefficient (Wildman–Crippen LogP) is 1.90. The summed E-state index contributed by atoms with van der Waals surface area (Å²) in [6, 6.07) is 4.26. The third-order valence-corrected chi connectivity index (χ3v) is 3.40. The Labute approximate surface area is 104 Å². The van der Waals surface area contributed by atoms with Crippen LogP contribution < -0.4 is 5.73 Å². The molecular formula is C12H14ClFN2O. The van der Waals surface area contributed by atoms with Gasteiger partial charge in [-0.2, -0.15) is 0 Å². The summed E-state index contributed by atoms with van der Waals surface area (Å²) in [6.07, 6.45) is 0.869. The fraction of sp³-hybridized carbons (Fsp3) is 0.417. The van der Waals surface area contributed by atoms with E-state index in [1.165, 1.54) is 18.2 Å². The van der Waals surface area contributed by atoms with Gasteiger partial charge >= 0.3 is 0 Å². The van der Waals surface area contributed by atoms with Crippen LogP contribution in [-0.2, 0) is 0 Å². The van der Waals surface area contributed by atoms with Crippen LogP contribution in [0, 0.1) is 11.7 Å². The van der Waals surface area contributed by atoms with Crippen molar-refractivity contribution in [2.75, 3.05) is 19.6 Å². The molecule has 1 aliphatic heterocycles. The Kier molecular flexibility index (Phi) is 3.64. The van der Waals surface area contributed by atoms with E-state index in [2.05, 4.69) is 0 Å². The van der Waals surface area contributed by atoms with Crippen LogP contribution in [0.1, 0.15) is 16.8 Å². The molecule has 17 heavy (non-hydrogen) atoms. The summed E-state index contributed by atoms with van der Waals surface area (Å²) < 4.78 is 13.6. The van der Waals surface area contributed by atoms with E-state index in [1.807, 2.05) is 0 Å². The summed E-state index contributed by atoms with van der Waals surface area (Å²) >= 11 is 5.86. The van der Waals surface area contributed by atoms with E-state index in [0.717, 1.165) is 6.42 Å². The number of rotatable bonds is 2. The molecule has 0 radical (unpaired) electrons. The number of carbonyl (C=O) groups is 1. The van der Waals surface area contributed by atoms with Crippen molar-refractivity contribution in [1.29, 1.82) is 0 Å². The molecule has 1 amide bonds. The van der Waals surface area contributed by atoms with Crippen molar-refractivity contribution < 1.29 is 9.18 Å². The summed E-state index contributed by atoms with van der Waals surface area (Å²) in [6.45, 7) is 1.75. The Morgan fingerprint density at radius 2 is 2.35 bits per heavy atom. The summed E-state index contributed by atoms with van der Waals surface area (Å²) in [5.74, 6) is -0.604. The number of halogens is 2. The van der Waals surface area contributed by atoms with Crippen LogP contribution in [0.15, 0.2) is 18.2 Å². The highest BCUT2D eigenvalue weighted by atomic mass is 35.5. The van der Waals surface area contributed by atoms with Crippen molar-refractivity contribution >= 4 is 17.5 Å². The molecule has 0 spiro atoms. The lowest BCUT2D eigenvalue weighted by atomic mass is 10.1. The molecule has 0 aromatic heterocycles. The van der Waals surface area contributed by atoms with Crippen LogP contribution in [0.4, 0.5) is 4.39 Å². The largest absolute Gasteiger partial charge is 0.338 e. The molecule has 92 valence electrons. The number of nitrogens with two attached hydrogens (primary N) is 1. The monoisotopic (exact) mass is 256 g/mol. The topological polar surface area (TPSA) is 46.3 Å². The van der Waals surface area contributed by atoms with Gasteiger partial charge in [0.15, 0.2) is 0 Å². The maximum atomic E-state index is 13.6. The van der Waals surface area contributed by atoms with Crippen LogP contribution in [0.2, 0.25) is 5.02 Å². The Balaban J connectivity index is 2.21. The number of hydrogen-bond acceptors (Lipinski definition) is 2. The van der Waals surface area contributed by atoms with Crippen molar-refractivity contribution in [2.45, 2.75) is 6.42 Å². The van der Waals surface area contributed by atoms with Crippen LogP contribution in [0.3, 0.4) is 0 Å². The molecule has 5 heteroatoms. The van der Waals surface area contributed by atoms with Crippen LogP contribution in [0.25, 0.3) is 0 Å². The Bertz CT molecular complexity index is 418. The van der Waals surface area contributed by atoms with Crippen molar-refractivity contribution in [3.63, 3.8) is 0 Å². The SMILES string of the molecule is NC[C@@H]1CCN(C(=O)c2c(F)cccc2Cl)C1. The van der Waals surface area contributed by atoms with Gasteiger partial charge in [-0.05, 0) is 31.0 Å². The third-order valence-electron chi connectivity index (χ3n) is 3.08. The Morgan fingerprint density at radius 3 is 2.94 bits per heavy atom. The molecule has 0 saturated carbocycles. The van der Waals surface area contributed by atoms with Crippen LogP contribution in [-0.4, -0.2) is 30.4 Å². The van der Waals surface area contributed by atoms with Gasteiger partial charge in [0.05, 0.1) is 10.6 Å². The number of amides is 1. The Hall–Kier alpha value is -1.13. The lowest BCUT2D eigenvalue weighted by Gasteiger charge is -2.17. The first-order valence-corrected chi connectivity index (χ1v) is 5.94. The molecule has 1 aliphatic rings. The molecule has 2 rings (SSSR count). The van der Waals surface area contributed by atoms with Crippen molar-refractivity contribution in [3.05, 3.63) is 34.6 Å². The quantitative estimate of drug-likeness (QED) is 0.879. The van der Waals surface area contributed by atoms with Crippen molar-refractivity contribution in [1.82, 2.24) is 4.90 Å². The van der Waals surface area contributed by atoms with Gasteiger partial charge in [0.2, 0.25) is 0 Å². The number of hydrogen-bond donors (Lipinski definition) is 1. The fourth-order valence-electron chi connectivity index (χ4n) is 2.07. The standard InChI is InChI=1S/C12H14ClFN2O/c13-9-2-1-3-10(14)11(9)12(17)16-5-4-8(6-15)7-16/h1-3,8H,4-7,15H2/t8-/m0/s1. The van der Waals surface area contributed by atoms with E-state index in [4.69, 9.17) is 17.3 Å². The molecule has 2 N–H and O–H groups in total. The summed E-state index contributed by atoms with van der Waals surface area (Å²) in [4.78, 5) is 13.7. The highest BCUT2D eigenvalue weighted by molar-refractivity contribution is 6.33. The molecule has 1 aromatic rings. The second-order valence-corrected chi connectivity index (χ2v) is 4.65. The lowest BCUT2D eigenvalue weighted by molar-refractivity contribution is 0.0783. The molecule has 3 nitrogen and oxygen atoms in total. The fourth-order valence-corrected chi connectivity index (χ4v) is 2.31. The van der Waals surface area contributed by atoms with Gasteiger partial charge in [-0.25, -0.2) is 4.39 Å². The first-order chi connectivity index (χ1) is 8.13. The zero-order valence-corrected chi connectivity index (χ0v) is 10.1. The molecule has 1 heterocycles. The van der Waals surface area contributed by atoms with Crippen LogP contribution >= 0.6 is 11.6 Å². The van der Waals surface area contributed by atoms with E-state index in [0.29, 0.717) is 25.6 Å². The summed E-state index contributed by atoms with van der Waals surface area (Å²) in [7, 11) is 0. The molecule has 1 fully saturated rings. The van der Waals surface area contributed by atoms with Gasteiger partial charge in [-0.3, -0.25) is 4.79 Å². The zero-order chi connectivity index (χ0) is 12.4. The maximum Gasteiger partial charge on any atom is 0.258 e. The molecule has 0 bridgehead atoms. The minimum absolute atomic E-state index is 0.0353. The molecule has 0 aliphatic carbocycles. The van der Waals surface area contributed by atoms with E-state index in [1.54, 1.807) is 4.90 Å². The minimum atomic E-state index is -0.571. The first-order valence-electron chi connectivity index (χ1n) is 5.57. The van der Waals surface area contributed by atoms with Gasteiger partial charge in [0, 0.05) is 13.1 Å². The third kappa shape index (κ3) is 2.42. The number of nitrogens with zero attached hydrogens (tertiary/aromatic N) is 1. The summed E-state index contributed by atoms with van der Waals surface area (Å²) in [5.41, 5.74) is 5.52. The second-order valence-electron chi connectivity index (χ2n) is 4.24. The molecule has 1 aromatic carbocycles. The first kappa shape index (κ1) is 12.3. The molecule has 1 atom stereocenters. The van der Waals surface area contributed by atoms with E-state index < -0.39 is 5.82 Å². The maximum absolute atomic E-state index is 13.6. The highest BCUT2D eigenvalue weighted by Crippen LogP contribution is 2.24. The number of carbonyl (C=O) groups excluding carboxylic acids is 1. The predicted molar refractivity (Wildman–Crippen MR) is 64.5 cm³/mol.